The predicted octanol–water partition coefficient (Wildman–Crippen LogP) is 4.09. The molecular weight excluding hydrogens is 414 g/mol. The van der Waals surface area contributed by atoms with Crippen molar-refractivity contribution in [1.29, 1.82) is 0 Å². The smallest absolute Gasteiger partial charge is 0.223 e. The Morgan fingerprint density at radius 1 is 1.15 bits per heavy atom. The van der Waals surface area contributed by atoms with Gasteiger partial charge in [0.1, 0.15) is 5.75 Å². The largest absolute Gasteiger partial charge is 0.497 e. The molecule has 0 saturated carbocycles. The van der Waals surface area contributed by atoms with Crippen LogP contribution in [0.4, 0.5) is 0 Å². The van der Waals surface area contributed by atoms with E-state index in [0.717, 1.165) is 68.2 Å². The highest BCUT2D eigenvalue weighted by atomic mass is 16.5. The third-order valence-electron chi connectivity index (χ3n) is 7.09. The number of fused-ring (bicyclic) bond motifs is 1. The van der Waals surface area contributed by atoms with Crippen molar-refractivity contribution < 1.29 is 14.1 Å². The Kier molecular flexibility index (Phi) is 6.44. The minimum Gasteiger partial charge on any atom is -0.497 e. The fraction of sp³-hybridized carbons (Fsp3) is 0.407. The van der Waals surface area contributed by atoms with Gasteiger partial charge in [-0.3, -0.25) is 4.79 Å². The lowest BCUT2D eigenvalue weighted by atomic mass is 9.80. The number of methoxy groups -OCH3 is 1. The van der Waals surface area contributed by atoms with E-state index in [1.54, 1.807) is 7.11 Å². The lowest BCUT2D eigenvalue weighted by Gasteiger charge is -2.34. The summed E-state index contributed by atoms with van der Waals surface area (Å²) >= 11 is 0. The van der Waals surface area contributed by atoms with Crippen LogP contribution in [0.15, 0.2) is 59.1 Å². The van der Waals surface area contributed by atoms with E-state index in [2.05, 4.69) is 34.7 Å². The second-order valence-corrected chi connectivity index (χ2v) is 9.17. The number of nitrogens with one attached hydrogen (secondary N) is 1. The molecule has 172 valence electrons. The highest BCUT2D eigenvalue weighted by Gasteiger charge is 2.30. The zero-order valence-corrected chi connectivity index (χ0v) is 19.1. The average Bonchev–Trinajstić information content (AvgIpc) is 3.33. The summed E-state index contributed by atoms with van der Waals surface area (Å²) in [5, 5.41) is 7.83. The van der Waals surface area contributed by atoms with E-state index >= 15 is 0 Å². The van der Waals surface area contributed by atoms with Crippen LogP contribution in [0.3, 0.4) is 0 Å². The summed E-state index contributed by atoms with van der Waals surface area (Å²) < 4.78 is 10.9. The SMILES string of the molecule is COc1ccc(-c2cc(C[C@@H]3CNCC[C@H]3CC(=O)N3CCc4ccccc4C3)no2)cc1. The van der Waals surface area contributed by atoms with Gasteiger partial charge in [-0.1, -0.05) is 29.4 Å². The van der Waals surface area contributed by atoms with Gasteiger partial charge in [0.15, 0.2) is 5.76 Å². The second-order valence-electron chi connectivity index (χ2n) is 9.17. The van der Waals surface area contributed by atoms with Crippen LogP contribution in [-0.2, 0) is 24.2 Å². The van der Waals surface area contributed by atoms with Crippen molar-refractivity contribution in [2.24, 2.45) is 11.8 Å². The Hall–Kier alpha value is -3.12. The van der Waals surface area contributed by atoms with Crippen LogP contribution < -0.4 is 10.1 Å². The number of piperidine rings is 1. The number of hydrogen-bond donors (Lipinski definition) is 1. The fourth-order valence-electron chi connectivity index (χ4n) is 5.11. The molecule has 1 fully saturated rings. The lowest BCUT2D eigenvalue weighted by Crippen LogP contribution is -2.42. The number of aromatic nitrogens is 1. The van der Waals surface area contributed by atoms with Crippen molar-refractivity contribution in [3.8, 4) is 17.1 Å². The first-order valence-electron chi connectivity index (χ1n) is 11.8. The minimum atomic E-state index is 0.278. The van der Waals surface area contributed by atoms with Crippen molar-refractivity contribution in [2.45, 2.75) is 32.2 Å². The number of carbonyl (C=O) groups is 1. The molecule has 0 unspecified atom stereocenters. The summed E-state index contributed by atoms with van der Waals surface area (Å²) in [6.45, 7) is 3.43. The van der Waals surface area contributed by atoms with Gasteiger partial charge in [0.05, 0.1) is 12.8 Å². The molecule has 1 aromatic heterocycles. The molecule has 1 saturated heterocycles. The highest BCUT2D eigenvalue weighted by Crippen LogP contribution is 2.30. The third kappa shape index (κ3) is 4.96. The topological polar surface area (TPSA) is 67.6 Å². The van der Waals surface area contributed by atoms with E-state index in [0.29, 0.717) is 18.3 Å². The predicted molar refractivity (Wildman–Crippen MR) is 127 cm³/mol. The molecule has 3 heterocycles. The van der Waals surface area contributed by atoms with Crippen LogP contribution >= 0.6 is 0 Å². The standard InChI is InChI=1S/C27H31N3O3/c1-32-25-8-6-20(7-9-25)26-16-24(29-33-26)14-23-17-28-12-10-21(23)15-27(31)30-13-11-19-4-2-3-5-22(19)18-30/h2-9,16,21,23,28H,10-15,17-18H2,1H3/t21-,23+/m0/s1. The zero-order chi connectivity index (χ0) is 22.6. The molecule has 0 aliphatic carbocycles. The van der Waals surface area contributed by atoms with E-state index in [9.17, 15) is 4.79 Å². The molecule has 0 spiro atoms. The first-order chi connectivity index (χ1) is 16.2. The van der Waals surface area contributed by atoms with E-state index in [1.165, 1.54) is 11.1 Å². The van der Waals surface area contributed by atoms with E-state index < -0.39 is 0 Å². The van der Waals surface area contributed by atoms with Crippen LogP contribution in [0.5, 0.6) is 5.75 Å². The summed E-state index contributed by atoms with van der Waals surface area (Å²) in [6, 6.07) is 18.3. The Labute approximate surface area is 194 Å². The van der Waals surface area contributed by atoms with Crippen LogP contribution in [0.25, 0.3) is 11.3 Å². The van der Waals surface area contributed by atoms with Crippen LogP contribution in [0.1, 0.15) is 29.7 Å². The van der Waals surface area contributed by atoms with Gasteiger partial charge in [-0.25, -0.2) is 0 Å². The Balaban J connectivity index is 1.22. The number of ether oxygens (including phenoxy) is 1. The number of carbonyl (C=O) groups excluding carboxylic acids is 1. The van der Waals surface area contributed by atoms with Gasteiger partial charge in [0.2, 0.25) is 5.91 Å². The third-order valence-corrected chi connectivity index (χ3v) is 7.09. The van der Waals surface area contributed by atoms with Gasteiger partial charge in [-0.2, -0.15) is 0 Å². The number of benzene rings is 2. The molecule has 3 aromatic rings. The first-order valence-corrected chi connectivity index (χ1v) is 11.8. The fourth-order valence-corrected chi connectivity index (χ4v) is 5.11. The van der Waals surface area contributed by atoms with Gasteiger partial charge in [0.25, 0.3) is 0 Å². The Morgan fingerprint density at radius 3 is 2.79 bits per heavy atom. The zero-order valence-electron chi connectivity index (χ0n) is 19.1. The van der Waals surface area contributed by atoms with Crippen molar-refractivity contribution in [3.63, 3.8) is 0 Å². The maximum absolute atomic E-state index is 13.2. The Bertz CT molecular complexity index is 1090. The average molecular weight is 446 g/mol. The number of nitrogens with zero attached hydrogens (tertiary/aromatic N) is 2. The second kappa shape index (κ2) is 9.79. The van der Waals surface area contributed by atoms with Gasteiger partial charge in [0, 0.05) is 31.1 Å². The summed E-state index contributed by atoms with van der Waals surface area (Å²) in [5.74, 6) is 2.58. The summed E-state index contributed by atoms with van der Waals surface area (Å²) in [7, 11) is 1.66. The molecule has 1 N–H and O–H groups in total. The van der Waals surface area contributed by atoms with Crippen LogP contribution in [-0.4, -0.2) is 42.7 Å². The number of rotatable bonds is 6. The maximum atomic E-state index is 13.2. The summed E-state index contributed by atoms with van der Waals surface area (Å²) in [4.78, 5) is 15.2. The van der Waals surface area contributed by atoms with Crippen LogP contribution in [0.2, 0.25) is 0 Å². The molecule has 0 bridgehead atoms. The van der Waals surface area contributed by atoms with E-state index in [-0.39, 0.29) is 5.91 Å². The molecule has 2 aromatic carbocycles. The molecule has 6 heteroatoms. The maximum Gasteiger partial charge on any atom is 0.223 e. The molecule has 33 heavy (non-hydrogen) atoms. The normalized spacial score (nSPS) is 20.3. The van der Waals surface area contributed by atoms with Gasteiger partial charge in [-0.15, -0.1) is 0 Å². The first kappa shape index (κ1) is 21.7. The summed E-state index contributed by atoms with van der Waals surface area (Å²) in [5.41, 5.74) is 4.58. The molecule has 2 aliphatic rings. The number of amides is 1. The van der Waals surface area contributed by atoms with Crippen molar-refractivity contribution in [1.82, 2.24) is 15.4 Å². The molecule has 5 rings (SSSR count). The minimum absolute atomic E-state index is 0.278. The van der Waals surface area contributed by atoms with Crippen molar-refractivity contribution >= 4 is 5.91 Å². The van der Waals surface area contributed by atoms with Gasteiger partial charge in [-0.05, 0) is 79.6 Å². The van der Waals surface area contributed by atoms with E-state index in [1.807, 2.05) is 35.2 Å². The van der Waals surface area contributed by atoms with Crippen molar-refractivity contribution in [3.05, 3.63) is 71.4 Å². The molecular formula is C27H31N3O3. The Morgan fingerprint density at radius 2 is 1.97 bits per heavy atom. The molecule has 2 atom stereocenters. The van der Waals surface area contributed by atoms with Gasteiger partial charge < -0.3 is 19.5 Å². The molecule has 0 radical (unpaired) electrons. The van der Waals surface area contributed by atoms with Gasteiger partial charge >= 0.3 is 0 Å². The monoisotopic (exact) mass is 445 g/mol. The number of hydrogen-bond acceptors (Lipinski definition) is 5. The van der Waals surface area contributed by atoms with E-state index in [4.69, 9.17) is 9.26 Å². The quantitative estimate of drug-likeness (QED) is 0.619. The lowest BCUT2D eigenvalue weighted by molar-refractivity contribution is -0.133. The van der Waals surface area contributed by atoms with Crippen molar-refractivity contribution in [2.75, 3.05) is 26.7 Å². The molecule has 2 aliphatic heterocycles. The summed E-state index contributed by atoms with van der Waals surface area (Å²) in [6.07, 6.45) is 3.39. The van der Waals surface area contributed by atoms with Crippen LogP contribution in [0, 0.1) is 11.8 Å². The molecule has 6 nitrogen and oxygen atoms in total. The molecule has 1 amide bonds. The highest BCUT2D eigenvalue weighted by molar-refractivity contribution is 5.77.